The van der Waals surface area contributed by atoms with E-state index in [1.807, 2.05) is 0 Å². The van der Waals surface area contributed by atoms with Gasteiger partial charge < -0.3 is 4.74 Å². The molecule has 0 saturated carbocycles. The second-order valence-corrected chi connectivity index (χ2v) is 4.00. The standard InChI is InChI=1S/C11H15ClO2/c1-8(2)10-5-3-9(4-6-10)7-14-11(12)13/h3H,4-7H2,1-2H3. The molecule has 0 unspecified atom stereocenters. The fraction of sp³-hybridized carbons (Fsp3) is 0.545. The van der Waals surface area contributed by atoms with Crippen molar-refractivity contribution in [2.75, 3.05) is 6.61 Å². The highest BCUT2D eigenvalue weighted by Gasteiger charge is 2.09. The summed E-state index contributed by atoms with van der Waals surface area (Å²) in [6.45, 7) is 4.61. The first-order chi connectivity index (χ1) is 6.59. The first-order valence-electron chi connectivity index (χ1n) is 4.75. The summed E-state index contributed by atoms with van der Waals surface area (Å²) in [5.74, 6) is 0. The van der Waals surface area contributed by atoms with Crippen LogP contribution in [-0.4, -0.2) is 12.0 Å². The third kappa shape index (κ3) is 3.54. The van der Waals surface area contributed by atoms with Crippen molar-refractivity contribution in [3.05, 3.63) is 22.8 Å². The molecule has 2 nitrogen and oxygen atoms in total. The number of halogens is 1. The monoisotopic (exact) mass is 214 g/mol. The summed E-state index contributed by atoms with van der Waals surface area (Å²) >= 11 is 5.08. The lowest BCUT2D eigenvalue weighted by Gasteiger charge is -2.16. The van der Waals surface area contributed by atoms with E-state index < -0.39 is 5.43 Å². The van der Waals surface area contributed by atoms with Crippen molar-refractivity contribution < 1.29 is 9.53 Å². The molecule has 1 aliphatic rings. The molecule has 0 radical (unpaired) electrons. The van der Waals surface area contributed by atoms with Crippen molar-refractivity contribution in [2.24, 2.45) is 0 Å². The van der Waals surface area contributed by atoms with E-state index >= 15 is 0 Å². The predicted molar refractivity (Wildman–Crippen MR) is 57.5 cm³/mol. The number of rotatable bonds is 2. The molecule has 0 aromatic rings. The maximum absolute atomic E-state index is 10.4. The third-order valence-electron chi connectivity index (χ3n) is 2.46. The molecule has 0 fully saturated rings. The summed E-state index contributed by atoms with van der Waals surface area (Å²) < 4.78 is 4.72. The molecule has 0 atom stereocenters. The van der Waals surface area contributed by atoms with E-state index in [1.54, 1.807) is 0 Å². The molecule has 0 aromatic heterocycles. The Hall–Kier alpha value is -0.760. The van der Waals surface area contributed by atoms with Gasteiger partial charge in [-0.3, -0.25) is 0 Å². The molecule has 0 heterocycles. The molecular formula is C11H15ClO2. The van der Waals surface area contributed by atoms with Gasteiger partial charge in [-0.25, -0.2) is 4.79 Å². The molecule has 0 amide bonds. The Bertz CT molecular complexity index is 286. The van der Waals surface area contributed by atoms with Crippen molar-refractivity contribution in [3.8, 4) is 0 Å². The molecule has 14 heavy (non-hydrogen) atoms. The van der Waals surface area contributed by atoms with Crippen LogP contribution in [0.4, 0.5) is 4.79 Å². The second kappa shape index (κ2) is 5.20. The maximum Gasteiger partial charge on any atom is 0.404 e. The van der Waals surface area contributed by atoms with Crippen molar-refractivity contribution in [1.29, 1.82) is 0 Å². The van der Waals surface area contributed by atoms with Gasteiger partial charge in [-0.1, -0.05) is 17.2 Å². The average Bonchev–Trinajstić information content (AvgIpc) is 2.15. The summed E-state index contributed by atoms with van der Waals surface area (Å²) in [4.78, 5) is 10.4. The van der Waals surface area contributed by atoms with E-state index in [-0.39, 0.29) is 0 Å². The zero-order valence-electron chi connectivity index (χ0n) is 8.60. The van der Waals surface area contributed by atoms with E-state index in [4.69, 9.17) is 16.3 Å². The van der Waals surface area contributed by atoms with Crippen LogP contribution in [0.2, 0.25) is 0 Å². The molecule has 0 N–H and O–H groups in total. The lowest BCUT2D eigenvalue weighted by Crippen LogP contribution is -2.04. The van der Waals surface area contributed by atoms with Gasteiger partial charge >= 0.3 is 5.43 Å². The lowest BCUT2D eigenvalue weighted by molar-refractivity contribution is 0.182. The molecule has 0 bridgehead atoms. The highest BCUT2D eigenvalue weighted by molar-refractivity contribution is 6.61. The number of hydrogen-bond acceptors (Lipinski definition) is 2. The van der Waals surface area contributed by atoms with Gasteiger partial charge in [0.1, 0.15) is 6.61 Å². The van der Waals surface area contributed by atoms with Crippen LogP contribution < -0.4 is 0 Å². The molecule has 78 valence electrons. The highest BCUT2D eigenvalue weighted by atomic mass is 35.5. The Labute approximate surface area is 89.6 Å². The van der Waals surface area contributed by atoms with Gasteiger partial charge in [0.05, 0.1) is 0 Å². The van der Waals surface area contributed by atoms with Gasteiger partial charge in [0.25, 0.3) is 0 Å². The van der Waals surface area contributed by atoms with Gasteiger partial charge in [-0.05, 0) is 38.7 Å². The number of carbonyl (C=O) groups is 1. The summed E-state index contributed by atoms with van der Waals surface area (Å²) in [5, 5.41) is 0. The van der Waals surface area contributed by atoms with Crippen LogP contribution in [0.5, 0.6) is 0 Å². The average molecular weight is 215 g/mol. The van der Waals surface area contributed by atoms with Gasteiger partial charge in [0.2, 0.25) is 0 Å². The number of carbonyl (C=O) groups excluding carboxylic acids is 1. The summed E-state index contributed by atoms with van der Waals surface area (Å²) in [6, 6.07) is 0. The van der Waals surface area contributed by atoms with E-state index in [0.717, 1.165) is 19.3 Å². The third-order valence-corrected chi connectivity index (χ3v) is 2.57. The minimum atomic E-state index is -0.723. The van der Waals surface area contributed by atoms with Gasteiger partial charge in [-0.15, -0.1) is 0 Å². The smallest absolute Gasteiger partial charge is 0.404 e. The van der Waals surface area contributed by atoms with E-state index in [2.05, 4.69) is 19.9 Å². The minimum Gasteiger partial charge on any atom is -0.449 e. The fourth-order valence-corrected chi connectivity index (χ4v) is 1.57. The van der Waals surface area contributed by atoms with Crippen LogP contribution in [0.3, 0.4) is 0 Å². The Morgan fingerprint density at radius 3 is 2.64 bits per heavy atom. The molecule has 1 rings (SSSR count). The van der Waals surface area contributed by atoms with Crippen LogP contribution in [0.25, 0.3) is 0 Å². The Morgan fingerprint density at radius 1 is 1.50 bits per heavy atom. The molecular weight excluding hydrogens is 200 g/mol. The first-order valence-corrected chi connectivity index (χ1v) is 5.13. The predicted octanol–water partition coefficient (Wildman–Crippen LogP) is 3.81. The highest BCUT2D eigenvalue weighted by Crippen LogP contribution is 2.25. The van der Waals surface area contributed by atoms with Crippen LogP contribution in [-0.2, 0) is 4.74 Å². The van der Waals surface area contributed by atoms with Gasteiger partial charge in [-0.2, -0.15) is 0 Å². The number of allylic oxidation sites excluding steroid dienone is 3. The molecule has 0 spiro atoms. The van der Waals surface area contributed by atoms with Crippen molar-refractivity contribution in [2.45, 2.75) is 33.1 Å². The van der Waals surface area contributed by atoms with Crippen LogP contribution >= 0.6 is 11.6 Å². The SMILES string of the molecule is CC(C)=C1CC=C(COC(=O)Cl)CC1. The molecule has 0 aliphatic heterocycles. The van der Waals surface area contributed by atoms with Crippen molar-refractivity contribution in [1.82, 2.24) is 0 Å². The van der Waals surface area contributed by atoms with Crippen molar-refractivity contribution >= 4 is 17.0 Å². The zero-order chi connectivity index (χ0) is 10.6. The quantitative estimate of drug-likeness (QED) is 0.516. The van der Waals surface area contributed by atoms with Crippen LogP contribution in [0, 0.1) is 0 Å². The summed E-state index contributed by atoms with van der Waals surface area (Å²) in [5.41, 5.74) is 3.34. The topological polar surface area (TPSA) is 26.3 Å². The zero-order valence-corrected chi connectivity index (χ0v) is 9.36. The summed E-state index contributed by atoms with van der Waals surface area (Å²) in [7, 11) is 0. The molecule has 0 aromatic carbocycles. The second-order valence-electron chi connectivity index (χ2n) is 3.70. The Balaban J connectivity index is 2.45. The lowest BCUT2D eigenvalue weighted by atomic mass is 9.92. The van der Waals surface area contributed by atoms with Gasteiger partial charge in [0.15, 0.2) is 0 Å². The van der Waals surface area contributed by atoms with E-state index in [1.165, 1.54) is 16.7 Å². The Morgan fingerprint density at radius 2 is 2.21 bits per heavy atom. The molecule has 1 aliphatic carbocycles. The minimum absolute atomic E-state index is 0.346. The number of hydrogen-bond donors (Lipinski definition) is 0. The normalized spacial score (nSPS) is 16.2. The summed E-state index contributed by atoms with van der Waals surface area (Å²) in [6.07, 6.45) is 5.17. The van der Waals surface area contributed by atoms with Crippen molar-refractivity contribution in [3.63, 3.8) is 0 Å². The first kappa shape index (κ1) is 11.3. The fourth-order valence-electron chi connectivity index (χ4n) is 1.52. The maximum atomic E-state index is 10.4. The molecule has 0 saturated heterocycles. The molecule has 3 heteroatoms. The van der Waals surface area contributed by atoms with Crippen LogP contribution in [0.15, 0.2) is 22.8 Å². The van der Waals surface area contributed by atoms with E-state index in [9.17, 15) is 4.79 Å². The number of ether oxygens (including phenoxy) is 1. The Kier molecular flexibility index (Phi) is 4.21. The van der Waals surface area contributed by atoms with E-state index in [0.29, 0.717) is 6.61 Å². The largest absolute Gasteiger partial charge is 0.449 e. The van der Waals surface area contributed by atoms with Gasteiger partial charge in [0, 0.05) is 11.6 Å². The van der Waals surface area contributed by atoms with Crippen LogP contribution in [0.1, 0.15) is 33.1 Å².